The highest BCUT2D eigenvalue weighted by atomic mass is 79.9. The first-order valence-corrected chi connectivity index (χ1v) is 12.9. The molecule has 3 aliphatic heterocycles. The second-order valence-electron chi connectivity index (χ2n) is 8.88. The molecule has 174 valence electrons. The van der Waals surface area contributed by atoms with E-state index in [4.69, 9.17) is 0 Å². The first-order valence-electron chi connectivity index (χ1n) is 11.1. The number of aliphatic carboxylic acids is 1. The van der Waals surface area contributed by atoms with E-state index in [1.807, 2.05) is 6.92 Å². The van der Waals surface area contributed by atoms with Gasteiger partial charge in [0, 0.05) is 35.8 Å². The highest BCUT2D eigenvalue weighted by Gasteiger charge is 2.76. The SMILES string of the molecule is C=CCN(C(=O)C1N(CCCCO)C(=O)[C@@H]2[C@H](C(=O)O)[C@H]3SC12CC3Br)C(C)CCC. The Hall–Kier alpha value is -1.06. The van der Waals surface area contributed by atoms with Crippen LogP contribution in [-0.4, -0.2) is 84.4 Å². The summed E-state index contributed by atoms with van der Waals surface area (Å²) in [6.07, 6.45) is 5.18. The van der Waals surface area contributed by atoms with Crippen LogP contribution in [0.1, 0.15) is 46.0 Å². The Bertz CT molecular complexity index is 737. The number of unbranched alkanes of at least 4 members (excludes halogenated alkanes) is 1. The number of thioether (sulfide) groups is 1. The Kier molecular flexibility index (Phi) is 7.79. The smallest absolute Gasteiger partial charge is 0.308 e. The number of carboxylic acids is 1. The van der Waals surface area contributed by atoms with Gasteiger partial charge < -0.3 is 20.0 Å². The Morgan fingerprint density at radius 3 is 2.74 bits per heavy atom. The van der Waals surface area contributed by atoms with Crippen molar-refractivity contribution in [1.29, 1.82) is 0 Å². The van der Waals surface area contributed by atoms with E-state index in [1.54, 1.807) is 15.9 Å². The first-order chi connectivity index (χ1) is 14.7. The van der Waals surface area contributed by atoms with E-state index < -0.39 is 28.6 Å². The molecule has 3 rings (SSSR count). The van der Waals surface area contributed by atoms with E-state index in [9.17, 15) is 24.6 Å². The predicted octanol–water partition coefficient (Wildman–Crippen LogP) is 2.51. The maximum Gasteiger partial charge on any atom is 0.308 e. The van der Waals surface area contributed by atoms with Crippen LogP contribution in [0.4, 0.5) is 0 Å². The summed E-state index contributed by atoms with van der Waals surface area (Å²) < 4.78 is -0.735. The number of hydrogen-bond acceptors (Lipinski definition) is 5. The van der Waals surface area contributed by atoms with Crippen LogP contribution in [0.5, 0.6) is 0 Å². The van der Waals surface area contributed by atoms with Crippen molar-refractivity contribution in [2.75, 3.05) is 19.7 Å². The molecule has 2 amide bonds. The van der Waals surface area contributed by atoms with Crippen molar-refractivity contribution >= 4 is 45.5 Å². The zero-order valence-corrected chi connectivity index (χ0v) is 20.6. The Labute approximate surface area is 196 Å². The fourth-order valence-corrected chi connectivity index (χ4v) is 9.28. The van der Waals surface area contributed by atoms with E-state index in [1.165, 1.54) is 11.8 Å². The Balaban J connectivity index is 2.03. The lowest BCUT2D eigenvalue weighted by Gasteiger charge is -2.39. The number of hydrogen-bond donors (Lipinski definition) is 2. The highest BCUT2D eigenvalue weighted by molar-refractivity contribution is 9.09. The molecule has 1 spiro atoms. The number of rotatable bonds is 11. The summed E-state index contributed by atoms with van der Waals surface area (Å²) >= 11 is 5.17. The zero-order valence-electron chi connectivity index (χ0n) is 18.2. The van der Waals surface area contributed by atoms with Gasteiger partial charge in [-0.25, -0.2) is 0 Å². The van der Waals surface area contributed by atoms with Crippen LogP contribution < -0.4 is 0 Å². The third-order valence-corrected chi connectivity index (χ3v) is 10.2. The lowest BCUT2D eigenvalue weighted by atomic mass is 9.71. The number of halogens is 1. The van der Waals surface area contributed by atoms with Gasteiger partial charge in [0.2, 0.25) is 11.8 Å². The largest absolute Gasteiger partial charge is 0.481 e. The molecule has 0 radical (unpaired) electrons. The third kappa shape index (κ3) is 4.06. The standard InChI is InChI=1S/C22H33BrN2O5S/c1-4-8-13(3)24(9-5-2)20(28)18-22-12-14(23)17(31-22)15(21(29)30)16(22)19(27)25(18)10-6-7-11-26/h5,13-18,26H,2,4,6-12H2,1,3H3,(H,29,30)/t13?,14?,15-,16-,17-,18?,22?/m0/s1. The molecule has 0 aromatic carbocycles. The van der Waals surface area contributed by atoms with Gasteiger partial charge in [-0.1, -0.05) is 35.4 Å². The molecular weight excluding hydrogens is 484 g/mol. The number of carbonyl (C=O) groups excluding carboxylic acids is 2. The number of alkyl halides is 1. The van der Waals surface area contributed by atoms with Gasteiger partial charge >= 0.3 is 5.97 Å². The quantitative estimate of drug-likeness (QED) is 0.248. The molecule has 7 atom stereocenters. The molecule has 3 saturated heterocycles. The zero-order chi connectivity index (χ0) is 22.9. The average Bonchev–Trinajstić information content (AvgIpc) is 3.30. The van der Waals surface area contributed by atoms with Crippen molar-refractivity contribution in [3.63, 3.8) is 0 Å². The van der Waals surface area contributed by atoms with Crippen LogP contribution in [0.25, 0.3) is 0 Å². The van der Waals surface area contributed by atoms with E-state index in [0.29, 0.717) is 32.4 Å². The monoisotopic (exact) mass is 516 g/mol. The number of carboxylic acid groups (broad SMARTS) is 1. The van der Waals surface area contributed by atoms with Gasteiger partial charge in [0.1, 0.15) is 6.04 Å². The fraction of sp³-hybridized carbons (Fsp3) is 0.773. The molecule has 0 aliphatic carbocycles. The van der Waals surface area contributed by atoms with Gasteiger partial charge in [-0.15, -0.1) is 18.3 Å². The number of amides is 2. The molecule has 4 unspecified atom stereocenters. The molecule has 3 fully saturated rings. The fourth-order valence-electron chi connectivity index (χ4n) is 5.68. The van der Waals surface area contributed by atoms with Crippen LogP contribution in [0.3, 0.4) is 0 Å². The minimum absolute atomic E-state index is 0.000940. The minimum Gasteiger partial charge on any atom is -0.481 e. The lowest BCUT2D eigenvalue weighted by Crippen LogP contribution is -2.57. The van der Waals surface area contributed by atoms with E-state index in [2.05, 4.69) is 29.4 Å². The molecule has 9 heteroatoms. The molecule has 31 heavy (non-hydrogen) atoms. The minimum atomic E-state index is -0.965. The normalized spacial score (nSPS) is 34.6. The van der Waals surface area contributed by atoms with Crippen LogP contribution in [0.15, 0.2) is 12.7 Å². The van der Waals surface area contributed by atoms with E-state index in [-0.39, 0.29) is 34.5 Å². The molecule has 0 saturated carbocycles. The van der Waals surface area contributed by atoms with E-state index >= 15 is 0 Å². The van der Waals surface area contributed by atoms with Crippen molar-refractivity contribution in [3.8, 4) is 0 Å². The molecule has 0 aromatic rings. The first kappa shape index (κ1) is 24.6. The van der Waals surface area contributed by atoms with Crippen molar-refractivity contribution in [1.82, 2.24) is 9.80 Å². The van der Waals surface area contributed by atoms with Crippen LogP contribution in [-0.2, 0) is 14.4 Å². The molecule has 3 heterocycles. The summed E-state index contributed by atoms with van der Waals surface area (Å²) in [5, 5.41) is 18.9. The van der Waals surface area contributed by atoms with Crippen molar-refractivity contribution in [2.45, 2.75) is 72.9 Å². The van der Waals surface area contributed by atoms with Gasteiger partial charge in [-0.05, 0) is 32.6 Å². The summed E-state index contributed by atoms with van der Waals surface area (Å²) in [7, 11) is 0. The second kappa shape index (κ2) is 9.83. The average molecular weight is 517 g/mol. The maximum absolute atomic E-state index is 14.0. The second-order valence-corrected chi connectivity index (χ2v) is 11.6. The predicted molar refractivity (Wildman–Crippen MR) is 124 cm³/mol. The van der Waals surface area contributed by atoms with Crippen molar-refractivity contribution < 1.29 is 24.6 Å². The van der Waals surface area contributed by atoms with Gasteiger partial charge in [0.25, 0.3) is 0 Å². The van der Waals surface area contributed by atoms with E-state index in [0.717, 1.165) is 12.8 Å². The molecule has 3 aliphatic rings. The topological polar surface area (TPSA) is 98.2 Å². The number of aliphatic hydroxyl groups excluding tert-OH is 1. The Morgan fingerprint density at radius 1 is 1.45 bits per heavy atom. The molecular formula is C22H33BrN2O5S. The number of carbonyl (C=O) groups is 3. The maximum atomic E-state index is 14.0. The number of likely N-dealkylation sites (tertiary alicyclic amines) is 1. The van der Waals surface area contributed by atoms with Gasteiger partial charge in [-0.3, -0.25) is 14.4 Å². The summed E-state index contributed by atoms with van der Waals surface area (Å²) in [5.41, 5.74) is 0. The summed E-state index contributed by atoms with van der Waals surface area (Å²) in [5.74, 6) is -2.79. The molecule has 7 nitrogen and oxygen atoms in total. The number of nitrogens with zero attached hydrogens (tertiary/aromatic N) is 2. The number of aliphatic hydroxyl groups is 1. The summed E-state index contributed by atoms with van der Waals surface area (Å²) in [4.78, 5) is 43.1. The molecule has 0 aromatic heterocycles. The Morgan fingerprint density at radius 2 is 2.16 bits per heavy atom. The van der Waals surface area contributed by atoms with Crippen molar-refractivity contribution in [3.05, 3.63) is 12.7 Å². The lowest BCUT2D eigenvalue weighted by molar-refractivity contribution is -0.148. The van der Waals surface area contributed by atoms with Crippen LogP contribution in [0.2, 0.25) is 0 Å². The van der Waals surface area contributed by atoms with Gasteiger partial charge in [-0.2, -0.15) is 0 Å². The molecule has 2 N–H and O–H groups in total. The number of fused-ring (bicyclic) bond motifs is 1. The van der Waals surface area contributed by atoms with Crippen LogP contribution in [0, 0.1) is 11.8 Å². The van der Waals surface area contributed by atoms with Gasteiger partial charge in [0.15, 0.2) is 0 Å². The van der Waals surface area contributed by atoms with Crippen LogP contribution >= 0.6 is 27.7 Å². The van der Waals surface area contributed by atoms with Gasteiger partial charge in [0.05, 0.1) is 16.6 Å². The third-order valence-electron chi connectivity index (χ3n) is 6.96. The molecule has 2 bridgehead atoms. The van der Waals surface area contributed by atoms with Crippen molar-refractivity contribution in [2.24, 2.45) is 11.8 Å². The summed E-state index contributed by atoms with van der Waals surface area (Å²) in [6, 6.07) is -0.693. The summed E-state index contributed by atoms with van der Waals surface area (Å²) in [6.45, 7) is 8.66. The highest BCUT2D eigenvalue weighted by Crippen LogP contribution is 2.67.